The highest BCUT2D eigenvalue weighted by atomic mass is 16.5. The molecule has 1 aliphatic heterocycles. The molecule has 1 aliphatic rings. The van der Waals surface area contributed by atoms with Crippen LogP contribution in [-0.4, -0.2) is 56.9 Å². The van der Waals surface area contributed by atoms with Crippen LogP contribution in [0.2, 0.25) is 0 Å². The lowest BCUT2D eigenvalue weighted by molar-refractivity contribution is 0.264. The molecule has 1 N–H and O–H groups in total. The van der Waals surface area contributed by atoms with Gasteiger partial charge < -0.3 is 19.3 Å². The number of methoxy groups -OCH3 is 3. The number of ether oxygens (including phenoxy) is 3. The Morgan fingerprint density at radius 3 is 1.96 bits per heavy atom. The molecule has 3 atom stereocenters. The lowest BCUT2D eigenvalue weighted by atomic mass is 9.87. The molecule has 25 heavy (non-hydrogen) atoms. The van der Waals surface area contributed by atoms with Gasteiger partial charge in [-0.15, -0.1) is 0 Å². The molecule has 0 aliphatic carbocycles. The fourth-order valence-corrected chi connectivity index (χ4v) is 3.08. The highest BCUT2D eigenvalue weighted by Gasteiger charge is 2.36. The SMILES string of the molecule is COC1=NC(C(CCO)c2ccc(OC)cc2)C(OC)=NC1C(C)C. The third-order valence-corrected chi connectivity index (χ3v) is 4.45. The molecule has 0 fully saturated rings. The maximum atomic E-state index is 9.57. The van der Waals surface area contributed by atoms with Crippen LogP contribution in [0.5, 0.6) is 5.75 Å². The van der Waals surface area contributed by atoms with Gasteiger partial charge in [0, 0.05) is 12.5 Å². The Hall–Kier alpha value is -2.08. The van der Waals surface area contributed by atoms with Crippen LogP contribution in [0.4, 0.5) is 0 Å². The van der Waals surface area contributed by atoms with Crippen LogP contribution >= 0.6 is 0 Å². The molecule has 138 valence electrons. The summed E-state index contributed by atoms with van der Waals surface area (Å²) in [5, 5.41) is 9.57. The molecule has 6 heteroatoms. The first-order valence-corrected chi connectivity index (χ1v) is 8.53. The molecule has 1 aromatic rings. The van der Waals surface area contributed by atoms with Crippen LogP contribution in [0.1, 0.15) is 31.7 Å². The van der Waals surface area contributed by atoms with Gasteiger partial charge in [-0.1, -0.05) is 26.0 Å². The van der Waals surface area contributed by atoms with Crippen LogP contribution in [-0.2, 0) is 9.47 Å². The van der Waals surface area contributed by atoms with Gasteiger partial charge in [-0.2, -0.15) is 0 Å². The molecule has 0 radical (unpaired) electrons. The number of hydrogen-bond donors (Lipinski definition) is 1. The first kappa shape index (κ1) is 19.2. The Morgan fingerprint density at radius 1 is 0.920 bits per heavy atom. The van der Waals surface area contributed by atoms with Gasteiger partial charge in [0.25, 0.3) is 0 Å². The topological polar surface area (TPSA) is 72.6 Å². The summed E-state index contributed by atoms with van der Waals surface area (Å²) >= 11 is 0. The Labute approximate surface area is 149 Å². The average Bonchev–Trinajstić information content (AvgIpc) is 2.65. The predicted molar refractivity (Wildman–Crippen MR) is 98.7 cm³/mol. The van der Waals surface area contributed by atoms with E-state index in [2.05, 4.69) is 13.8 Å². The smallest absolute Gasteiger partial charge is 0.210 e. The van der Waals surface area contributed by atoms with E-state index in [0.29, 0.717) is 18.2 Å². The number of hydrogen-bond acceptors (Lipinski definition) is 6. The minimum atomic E-state index is -0.324. The molecule has 0 amide bonds. The van der Waals surface area contributed by atoms with Gasteiger partial charge in [-0.3, -0.25) is 0 Å². The number of aliphatic imine (C=N–C) groups is 2. The van der Waals surface area contributed by atoms with Crippen molar-refractivity contribution < 1.29 is 19.3 Å². The van der Waals surface area contributed by atoms with E-state index < -0.39 is 0 Å². The lowest BCUT2D eigenvalue weighted by Crippen LogP contribution is -2.40. The summed E-state index contributed by atoms with van der Waals surface area (Å²) in [6, 6.07) is 7.32. The van der Waals surface area contributed by atoms with Crippen molar-refractivity contribution in [1.82, 2.24) is 0 Å². The van der Waals surface area contributed by atoms with E-state index in [-0.39, 0.29) is 30.5 Å². The van der Waals surface area contributed by atoms with Gasteiger partial charge >= 0.3 is 0 Å². The molecule has 6 nitrogen and oxygen atoms in total. The predicted octanol–water partition coefficient (Wildman–Crippen LogP) is 2.66. The molecule has 0 bridgehead atoms. The standard InChI is InChI=1S/C19H28N2O4/c1-12(2)16-18(24-4)21-17(19(20-16)25-5)15(10-11-22)13-6-8-14(23-3)9-7-13/h6-9,12,15-17,22H,10-11H2,1-5H3. The Balaban J connectivity index is 2.40. The second-order valence-corrected chi connectivity index (χ2v) is 6.37. The van der Waals surface area contributed by atoms with Gasteiger partial charge in [0.1, 0.15) is 17.8 Å². The summed E-state index contributed by atoms with van der Waals surface area (Å²) in [4.78, 5) is 9.52. The van der Waals surface area contributed by atoms with Crippen molar-refractivity contribution in [2.24, 2.45) is 15.9 Å². The summed E-state index contributed by atoms with van der Waals surface area (Å²) < 4.78 is 16.3. The lowest BCUT2D eigenvalue weighted by Gasteiger charge is -2.31. The molecule has 2 rings (SSSR count). The van der Waals surface area contributed by atoms with Crippen LogP contribution in [0.15, 0.2) is 34.3 Å². The van der Waals surface area contributed by atoms with Crippen molar-refractivity contribution in [3.05, 3.63) is 29.8 Å². The minimum Gasteiger partial charge on any atom is -0.497 e. The molecular formula is C19H28N2O4. The molecule has 1 aromatic carbocycles. The third-order valence-electron chi connectivity index (χ3n) is 4.45. The van der Waals surface area contributed by atoms with Crippen molar-refractivity contribution in [3.63, 3.8) is 0 Å². The summed E-state index contributed by atoms with van der Waals surface area (Å²) in [7, 11) is 4.87. The van der Waals surface area contributed by atoms with E-state index in [0.717, 1.165) is 11.3 Å². The normalized spacial score (nSPS) is 21.4. The average molecular weight is 348 g/mol. The fraction of sp³-hybridized carbons (Fsp3) is 0.579. The maximum Gasteiger partial charge on any atom is 0.210 e. The largest absolute Gasteiger partial charge is 0.497 e. The number of aliphatic hydroxyl groups excluding tert-OH is 1. The number of rotatable bonds is 6. The monoisotopic (exact) mass is 348 g/mol. The fourth-order valence-electron chi connectivity index (χ4n) is 3.08. The van der Waals surface area contributed by atoms with Gasteiger partial charge in [0.15, 0.2) is 0 Å². The zero-order chi connectivity index (χ0) is 18.4. The second-order valence-electron chi connectivity index (χ2n) is 6.37. The Morgan fingerprint density at radius 2 is 1.48 bits per heavy atom. The number of benzene rings is 1. The van der Waals surface area contributed by atoms with Crippen molar-refractivity contribution in [1.29, 1.82) is 0 Å². The summed E-state index contributed by atoms with van der Waals surface area (Å²) in [5.74, 6) is 2.16. The van der Waals surface area contributed by atoms with Crippen LogP contribution in [0.25, 0.3) is 0 Å². The number of aliphatic hydroxyl groups is 1. The van der Waals surface area contributed by atoms with Crippen molar-refractivity contribution in [2.75, 3.05) is 27.9 Å². The summed E-state index contributed by atoms with van der Waals surface area (Å²) in [6.07, 6.45) is 0.548. The van der Waals surface area contributed by atoms with E-state index in [4.69, 9.17) is 24.2 Å². The van der Waals surface area contributed by atoms with E-state index in [1.54, 1.807) is 21.3 Å². The molecule has 0 aromatic heterocycles. The van der Waals surface area contributed by atoms with E-state index in [1.807, 2.05) is 24.3 Å². The highest BCUT2D eigenvalue weighted by Crippen LogP contribution is 2.31. The van der Waals surface area contributed by atoms with Crippen molar-refractivity contribution in [3.8, 4) is 5.75 Å². The van der Waals surface area contributed by atoms with Crippen molar-refractivity contribution >= 4 is 11.8 Å². The quantitative estimate of drug-likeness (QED) is 0.858. The Kier molecular flexibility index (Phi) is 6.82. The van der Waals surface area contributed by atoms with Crippen molar-refractivity contribution in [2.45, 2.75) is 38.3 Å². The maximum absolute atomic E-state index is 9.57. The summed E-state index contributed by atoms with van der Waals surface area (Å²) in [6.45, 7) is 4.20. The molecule has 3 unspecified atom stereocenters. The first-order valence-electron chi connectivity index (χ1n) is 8.53. The Bertz CT molecular complexity index is 610. The zero-order valence-electron chi connectivity index (χ0n) is 15.6. The molecular weight excluding hydrogens is 320 g/mol. The second kappa shape index (κ2) is 8.85. The van der Waals surface area contributed by atoms with E-state index in [1.165, 1.54) is 0 Å². The van der Waals surface area contributed by atoms with Crippen LogP contribution in [0.3, 0.4) is 0 Å². The van der Waals surface area contributed by atoms with Crippen LogP contribution in [0, 0.1) is 5.92 Å². The number of nitrogens with zero attached hydrogens (tertiary/aromatic N) is 2. The third kappa shape index (κ3) is 4.31. The van der Waals surface area contributed by atoms with E-state index in [9.17, 15) is 5.11 Å². The summed E-state index contributed by atoms with van der Waals surface area (Å²) in [5.41, 5.74) is 1.05. The zero-order valence-corrected chi connectivity index (χ0v) is 15.6. The first-order chi connectivity index (χ1) is 12.0. The van der Waals surface area contributed by atoms with E-state index >= 15 is 0 Å². The van der Waals surface area contributed by atoms with Gasteiger partial charge in [-0.25, -0.2) is 9.98 Å². The highest BCUT2D eigenvalue weighted by molar-refractivity contribution is 5.94. The van der Waals surface area contributed by atoms with Gasteiger partial charge in [0.2, 0.25) is 11.8 Å². The molecule has 1 heterocycles. The molecule has 0 saturated carbocycles. The molecule has 0 saturated heterocycles. The van der Waals surface area contributed by atoms with Crippen LogP contribution < -0.4 is 4.74 Å². The molecule has 0 spiro atoms. The van der Waals surface area contributed by atoms with Gasteiger partial charge in [0.05, 0.1) is 21.3 Å². The van der Waals surface area contributed by atoms with Gasteiger partial charge in [-0.05, 0) is 30.0 Å². The minimum absolute atomic E-state index is 0.0512.